The van der Waals surface area contributed by atoms with Gasteiger partial charge in [-0.2, -0.15) is 0 Å². The summed E-state index contributed by atoms with van der Waals surface area (Å²) in [5.41, 5.74) is 0.0109. The molecule has 4 nitrogen and oxygen atoms in total. The number of aryl methyl sites for hydroxylation is 1. The molecule has 4 heteroatoms. The molecule has 0 saturated heterocycles. The number of rotatable bonds is 3. The first kappa shape index (κ1) is 15.2. The first-order valence-corrected chi connectivity index (χ1v) is 6.21. The molecular formula is C15H21NO3. The van der Waals surface area contributed by atoms with Crippen LogP contribution in [0.5, 0.6) is 0 Å². The number of carbonyl (C=O) groups is 2. The Bertz CT molecular complexity index is 477. The highest BCUT2D eigenvalue weighted by atomic mass is 16.6. The van der Waals surface area contributed by atoms with E-state index in [4.69, 9.17) is 4.74 Å². The lowest BCUT2D eigenvalue weighted by molar-refractivity contribution is -0.113. The molecule has 1 atom stereocenters. The van der Waals surface area contributed by atoms with E-state index >= 15 is 0 Å². The summed E-state index contributed by atoms with van der Waals surface area (Å²) in [6.45, 7) is 8.88. The van der Waals surface area contributed by atoms with E-state index in [9.17, 15) is 9.59 Å². The topological polar surface area (TPSA) is 55.4 Å². The molecule has 1 unspecified atom stereocenters. The molecule has 1 amide bonds. The van der Waals surface area contributed by atoms with Crippen molar-refractivity contribution in [2.75, 3.05) is 0 Å². The standard InChI is InChI=1S/C15H21NO3/c1-11-8-6-7-9-12(11)15(5,10-17)16-13(18)19-14(2,3)4/h6-10H,1-5H3,(H,16,18). The highest BCUT2D eigenvalue weighted by Gasteiger charge is 2.31. The lowest BCUT2D eigenvalue weighted by Gasteiger charge is -2.28. The van der Waals surface area contributed by atoms with Crippen molar-refractivity contribution in [1.82, 2.24) is 5.32 Å². The van der Waals surface area contributed by atoms with Crippen LogP contribution >= 0.6 is 0 Å². The van der Waals surface area contributed by atoms with Crippen molar-refractivity contribution in [2.24, 2.45) is 0 Å². The molecule has 0 heterocycles. The minimum absolute atomic E-state index is 0.598. The van der Waals surface area contributed by atoms with Crippen molar-refractivity contribution in [1.29, 1.82) is 0 Å². The van der Waals surface area contributed by atoms with Gasteiger partial charge >= 0.3 is 6.09 Å². The molecule has 19 heavy (non-hydrogen) atoms. The van der Waals surface area contributed by atoms with E-state index in [-0.39, 0.29) is 0 Å². The number of benzene rings is 1. The molecule has 0 aliphatic carbocycles. The summed E-state index contributed by atoms with van der Waals surface area (Å²) in [5, 5.41) is 2.63. The van der Waals surface area contributed by atoms with Gasteiger partial charge in [0.25, 0.3) is 0 Å². The van der Waals surface area contributed by atoms with E-state index < -0.39 is 17.2 Å². The minimum Gasteiger partial charge on any atom is -0.444 e. The van der Waals surface area contributed by atoms with Gasteiger partial charge in [-0.3, -0.25) is 0 Å². The Kier molecular flexibility index (Phi) is 4.35. The molecule has 0 fully saturated rings. The monoisotopic (exact) mass is 263 g/mol. The van der Waals surface area contributed by atoms with Crippen molar-refractivity contribution < 1.29 is 14.3 Å². The van der Waals surface area contributed by atoms with Crippen molar-refractivity contribution in [3.05, 3.63) is 35.4 Å². The fraction of sp³-hybridized carbons (Fsp3) is 0.467. The van der Waals surface area contributed by atoms with Gasteiger partial charge < -0.3 is 14.8 Å². The van der Waals surface area contributed by atoms with E-state index in [0.29, 0.717) is 0 Å². The van der Waals surface area contributed by atoms with Crippen LogP contribution in [-0.4, -0.2) is 18.0 Å². The van der Waals surface area contributed by atoms with Crippen LogP contribution in [-0.2, 0) is 15.1 Å². The maximum absolute atomic E-state index is 11.8. The number of aldehydes is 1. The van der Waals surface area contributed by atoms with E-state index in [1.54, 1.807) is 27.7 Å². The second-order valence-corrected chi connectivity index (χ2v) is 5.76. The van der Waals surface area contributed by atoms with Crippen molar-refractivity contribution in [3.8, 4) is 0 Å². The number of hydrogen-bond donors (Lipinski definition) is 1. The summed E-state index contributed by atoms with van der Waals surface area (Å²) in [7, 11) is 0. The molecule has 0 aromatic heterocycles. The molecular weight excluding hydrogens is 242 g/mol. The summed E-state index contributed by atoms with van der Waals surface area (Å²) in [4.78, 5) is 23.2. The van der Waals surface area contributed by atoms with Gasteiger partial charge in [-0.25, -0.2) is 4.79 Å². The van der Waals surface area contributed by atoms with Crippen LogP contribution in [0.1, 0.15) is 38.8 Å². The summed E-state index contributed by atoms with van der Waals surface area (Å²) < 4.78 is 5.19. The van der Waals surface area contributed by atoms with Gasteiger partial charge in [0.1, 0.15) is 17.4 Å². The number of ether oxygens (including phenoxy) is 1. The molecule has 0 radical (unpaired) electrons. The Labute approximate surface area is 114 Å². The zero-order valence-electron chi connectivity index (χ0n) is 12.1. The first-order chi connectivity index (χ1) is 8.68. The Morgan fingerprint density at radius 3 is 2.26 bits per heavy atom. The fourth-order valence-electron chi connectivity index (χ4n) is 1.83. The maximum atomic E-state index is 11.8. The number of carbonyl (C=O) groups excluding carboxylic acids is 2. The highest BCUT2D eigenvalue weighted by molar-refractivity contribution is 5.78. The van der Waals surface area contributed by atoms with Gasteiger partial charge in [0.2, 0.25) is 0 Å². The predicted molar refractivity (Wildman–Crippen MR) is 74.0 cm³/mol. The summed E-state index contributed by atoms with van der Waals surface area (Å²) >= 11 is 0. The Morgan fingerprint density at radius 1 is 1.21 bits per heavy atom. The second-order valence-electron chi connectivity index (χ2n) is 5.76. The molecule has 0 bridgehead atoms. The van der Waals surface area contributed by atoms with Crippen LogP contribution in [0.25, 0.3) is 0 Å². The maximum Gasteiger partial charge on any atom is 0.408 e. The molecule has 0 saturated carbocycles. The summed E-state index contributed by atoms with van der Waals surface area (Å²) in [6, 6.07) is 7.44. The van der Waals surface area contributed by atoms with Gasteiger partial charge in [0, 0.05) is 0 Å². The van der Waals surface area contributed by atoms with Crippen molar-refractivity contribution >= 4 is 12.4 Å². The summed E-state index contributed by atoms with van der Waals surface area (Å²) in [6.07, 6.45) is 0.115. The predicted octanol–water partition coefficient (Wildman–Crippen LogP) is 2.93. The zero-order valence-corrected chi connectivity index (χ0v) is 12.1. The van der Waals surface area contributed by atoms with Crippen molar-refractivity contribution in [3.63, 3.8) is 0 Å². The molecule has 0 aliphatic heterocycles. The Balaban J connectivity index is 2.97. The zero-order chi connectivity index (χ0) is 14.7. The molecule has 104 valence electrons. The van der Waals surface area contributed by atoms with Crippen LogP contribution in [0, 0.1) is 6.92 Å². The molecule has 0 aliphatic rings. The SMILES string of the molecule is Cc1ccccc1C(C)(C=O)NC(=O)OC(C)(C)C. The normalized spacial score (nSPS) is 14.4. The lowest BCUT2D eigenvalue weighted by atomic mass is 9.90. The Hall–Kier alpha value is -1.84. The van der Waals surface area contributed by atoms with Gasteiger partial charge in [-0.1, -0.05) is 24.3 Å². The van der Waals surface area contributed by atoms with Gasteiger partial charge in [-0.05, 0) is 45.7 Å². The van der Waals surface area contributed by atoms with Gasteiger partial charge in [-0.15, -0.1) is 0 Å². The fourth-order valence-corrected chi connectivity index (χ4v) is 1.83. The van der Waals surface area contributed by atoms with Crippen LogP contribution in [0.2, 0.25) is 0 Å². The average molecular weight is 263 g/mol. The number of hydrogen-bond acceptors (Lipinski definition) is 3. The largest absolute Gasteiger partial charge is 0.444 e. The third kappa shape index (κ3) is 4.09. The van der Waals surface area contributed by atoms with Gasteiger partial charge in [0.05, 0.1) is 0 Å². The summed E-state index contributed by atoms with van der Waals surface area (Å²) in [5.74, 6) is 0. The number of nitrogens with one attached hydrogen (secondary N) is 1. The van der Waals surface area contributed by atoms with E-state index in [1.165, 1.54) is 0 Å². The Morgan fingerprint density at radius 2 is 1.79 bits per heavy atom. The third-order valence-electron chi connectivity index (χ3n) is 2.70. The average Bonchev–Trinajstić information content (AvgIpc) is 2.26. The molecule has 1 rings (SSSR count). The smallest absolute Gasteiger partial charge is 0.408 e. The van der Waals surface area contributed by atoms with Crippen LogP contribution in [0.3, 0.4) is 0 Å². The van der Waals surface area contributed by atoms with Gasteiger partial charge in [0.15, 0.2) is 0 Å². The quantitative estimate of drug-likeness (QED) is 0.853. The first-order valence-electron chi connectivity index (χ1n) is 6.21. The number of amides is 1. The molecule has 1 aromatic carbocycles. The van der Waals surface area contributed by atoms with Crippen LogP contribution in [0.15, 0.2) is 24.3 Å². The van der Waals surface area contributed by atoms with E-state index in [2.05, 4.69) is 5.32 Å². The van der Waals surface area contributed by atoms with Crippen molar-refractivity contribution in [2.45, 2.75) is 45.8 Å². The highest BCUT2D eigenvalue weighted by Crippen LogP contribution is 2.22. The molecule has 0 spiro atoms. The van der Waals surface area contributed by atoms with E-state index in [1.807, 2.05) is 31.2 Å². The third-order valence-corrected chi connectivity index (χ3v) is 2.70. The van der Waals surface area contributed by atoms with Crippen LogP contribution < -0.4 is 5.32 Å². The molecule has 1 aromatic rings. The number of alkyl carbamates (subject to hydrolysis) is 1. The minimum atomic E-state index is -1.09. The van der Waals surface area contributed by atoms with Crippen LogP contribution in [0.4, 0.5) is 4.79 Å². The second kappa shape index (κ2) is 5.43. The lowest BCUT2D eigenvalue weighted by Crippen LogP contribution is -2.47. The van der Waals surface area contributed by atoms with E-state index in [0.717, 1.165) is 17.4 Å². The molecule has 1 N–H and O–H groups in total.